The molecule has 0 fully saturated rings. The molecular weight excluding hydrogens is 153 g/mol. The number of nitrogens with zero attached hydrogens (tertiary/aromatic N) is 1. The Kier molecular flexibility index (Phi) is 4.72. The van der Waals surface area contributed by atoms with Crippen molar-refractivity contribution in [1.82, 2.24) is 4.98 Å². The molecule has 1 rings (SSSR count). The molecule has 0 unspecified atom stereocenters. The zero-order valence-electron chi connectivity index (χ0n) is 6.51. The molecule has 0 aliphatic carbocycles. The molecule has 0 saturated carbocycles. The molecule has 2 nitrogen and oxygen atoms in total. The first-order valence-electron chi connectivity index (χ1n) is 2.81. The summed E-state index contributed by atoms with van der Waals surface area (Å²) >= 11 is 0. The van der Waals surface area contributed by atoms with Crippen molar-refractivity contribution in [2.45, 2.75) is 13.8 Å². The van der Waals surface area contributed by atoms with Crippen molar-refractivity contribution < 1.29 is 56.5 Å². The second kappa shape index (κ2) is 4.46. The number of hydrogen-bond acceptors (Lipinski definition) is 2. The second-order valence-electron chi connectivity index (χ2n) is 2.05. The molecule has 0 atom stereocenters. The van der Waals surface area contributed by atoms with Gasteiger partial charge in [-0.1, -0.05) is 12.1 Å². The summed E-state index contributed by atoms with van der Waals surface area (Å²) in [4.78, 5) is 3.72. The average molecular weight is 161 g/mol. The quantitative estimate of drug-likeness (QED) is 0.404. The van der Waals surface area contributed by atoms with E-state index < -0.39 is 0 Å². The van der Waals surface area contributed by atoms with Gasteiger partial charge in [0.05, 0.1) is 0 Å². The third kappa shape index (κ3) is 2.68. The summed E-state index contributed by atoms with van der Waals surface area (Å²) in [7, 11) is 0. The Morgan fingerprint density at radius 3 is 2.30 bits per heavy atom. The van der Waals surface area contributed by atoms with E-state index in [0.717, 1.165) is 11.3 Å². The molecule has 1 heterocycles. The first-order valence-corrected chi connectivity index (χ1v) is 2.81. The summed E-state index contributed by atoms with van der Waals surface area (Å²) in [6, 6.07) is 3.26. The van der Waals surface area contributed by atoms with E-state index in [0.29, 0.717) is 0 Å². The summed E-state index contributed by atoms with van der Waals surface area (Å²) in [5, 5.41) is 10.5. The first-order chi connectivity index (χ1) is 4.20. The zero-order valence-corrected chi connectivity index (χ0v) is 9.63. The van der Waals surface area contributed by atoms with E-state index in [9.17, 15) is 5.11 Å². The van der Waals surface area contributed by atoms with Crippen LogP contribution in [-0.2, 0) is 0 Å². The van der Waals surface area contributed by atoms with Gasteiger partial charge in [-0.15, -0.1) is 0 Å². The van der Waals surface area contributed by atoms with Gasteiger partial charge < -0.3 is 5.11 Å². The van der Waals surface area contributed by atoms with Gasteiger partial charge in [0.15, 0.2) is 0 Å². The maximum Gasteiger partial charge on any atom is 1.00 e. The van der Waals surface area contributed by atoms with Gasteiger partial charge in [0.2, 0.25) is 0 Å². The molecule has 10 heavy (non-hydrogen) atoms. The van der Waals surface area contributed by atoms with Gasteiger partial charge in [0.25, 0.3) is 0 Å². The van der Waals surface area contributed by atoms with E-state index in [1.54, 1.807) is 6.07 Å². The van der Waals surface area contributed by atoms with Crippen LogP contribution in [0.3, 0.4) is 0 Å². The van der Waals surface area contributed by atoms with Crippen LogP contribution in [0.4, 0.5) is 0 Å². The SMILES string of the molecule is Cc1ccc([O-])nc1C.[K+]. The Balaban J connectivity index is 0.000000810. The van der Waals surface area contributed by atoms with Gasteiger partial charge in [0, 0.05) is 5.69 Å². The molecule has 0 radical (unpaired) electrons. The molecule has 1 aromatic rings. The topological polar surface area (TPSA) is 36.0 Å². The smallest absolute Gasteiger partial charge is 0.859 e. The second-order valence-corrected chi connectivity index (χ2v) is 2.05. The van der Waals surface area contributed by atoms with Crippen LogP contribution in [0.1, 0.15) is 11.3 Å². The molecule has 3 heteroatoms. The minimum atomic E-state index is -0.155. The average Bonchev–Trinajstić information content (AvgIpc) is 1.80. The van der Waals surface area contributed by atoms with Crippen LogP contribution in [0.2, 0.25) is 0 Å². The van der Waals surface area contributed by atoms with E-state index in [1.807, 2.05) is 13.8 Å². The first kappa shape index (κ1) is 10.6. The summed E-state index contributed by atoms with van der Waals surface area (Å²) in [5.74, 6) is -0.155. The normalized spacial score (nSPS) is 8.60. The standard InChI is InChI=1S/C7H9NO.K/c1-5-3-4-7(9)8-6(5)2;/h3-4H,1-2H3,(H,8,9);/q;+1/p-1. The van der Waals surface area contributed by atoms with Gasteiger partial charge in [-0.05, 0) is 25.3 Å². The van der Waals surface area contributed by atoms with Gasteiger partial charge in [-0.25, -0.2) is 0 Å². The summed E-state index contributed by atoms with van der Waals surface area (Å²) in [6.45, 7) is 3.76. The van der Waals surface area contributed by atoms with Gasteiger partial charge in [-0.2, -0.15) is 0 Å². The van der Waals surface area contributed by atoms with Crippen LogP contribution >= 0.6 is 0 Å². The van der Waals surface area contributed by atoms with E-state index in [4.69, 9.17) is 0 Å². The number of pyridine rings is 1. The minimum absolute atomic E-state index is 0. The van der Waals surface area contributed by atoms with Crippen LogP contribution in [-0.4, -0.2) is 4.98 Å². The monoisotopic (exact) mass is 161 g/mol. The summed E-state index contributed by atoms with van der Waals surface area (Å²) in [5.41, 5.74) is 1.89. The van der Waals surface area contributed by atoms with Crippen LogP contribution in [0.25, 0.3) is 0 Å². The molecule has 0 aliphatic rings. The van der Waals surface area contributed by atoms with Gasteiger partial charge in [-0.3, -0.25) is 4.98 Å². The van der Waals surface area contributed by atoms with E-state index in [2.05, 4.69) is 4.98 Å². The molecule has 1 aromatic heterocycles. The van der Waals surface area contributed by atoms with Crippen LogP contribution in [0.5, 0.6) is 5.88 Å². The number of hydrogen-bond donors (Lipinski definition) is 0. The number of rotatable bonds is 0. The fraction of sp³-hybridized carbons (Fsp3) is 0.286. The molecule has 0 saturated heterocycles. The molecule has 0 aliphatic heterocycles. The molecule has 0 bridgehead atoms. The third-order valence-electron chi connectivity index (χ3n) is 1.32. The van der Waals surface area contributed by atoms with E-state index in [-0.39, 0.29) is 57.3 Å². The summed E-state index contributed by atoms with van der Waals surface area (Å²) in [6.07, 6.45) is 0. The van der Waals surface area contributed by atoms with Crippen LogP contribution in [0, 0.1) is 13.8 Å². The van der Waals surface area contributed by atoms with Crippen molar-refractivity contribution in [2.24, 2.45) is 0 Å². The van der Waals surface area contributed by atoms with Gasteiger partial charge in [0.1, 0.15) is 0 Å². The van der Waals surface area contributed by atoms with E-state index >= 15 is 0 Å². The van der Waals surface area contributed by atoms with E-state index in [1.165, 1.54) is 6.07 Å². The van der Waals surface area contributed by atoms with Crippen molar-refractivity contribution in [3.05, 3.63) is 23.4 Å². The zero-order chi connectivity index (χ0) is 6.85. The minimum Gasteiger partial charge on any atom is -0.859 e. The fourth-order valence-electron chi connectivity index (χ4n) is 0.608. The Morgan fingerprint density at radius 2 is 1.90 bits per heavy atom. The molecule has 0 aromatic carbocycles. The molecule has 48 valence electrons. The number of aryl methyl sites for hydroxylation is 2. The van der Waals surface area contributed by atoms with Crippen molar-refractivity contribution in [3.63, 3.8) is 0 Å². The van der Waals surface area contributed by atoms with Crippen molar-refractivity contribution in [2.75, 3.05) is 0 Å². The van der Waals surface area contributed by atoms with Crippen molar-refractivity contribution in [3.8, 4) is 5.88 Å². The molecular formula is C7H8KNO. The third-order valence-corrected chi connectivity index (χ3v) is 1.32. The number of aromatic nitrogens is 1. The molecule has 0 amide bonds. The maximum atomic E-state index is 10.5. The molecule has 0 N–H and O–H groups in total. The Labute approximate surface area is 103 Å². The molecule has 0 spiro atoms. The van der Waals surface area contributed by atoms with Crippen molar-refractivity contribution in [1.29, 1.82) is 0 Å². The Morgan fingerprint density at radius 1 is 1.30 bits per heavy atom. The summed E-state index contributed by atoms with van der Waals surface area (Å²) < 4.78 is 0. The maximum absolute atomic E-state index is 10.5. The van der Waals surface area contributed by atoms with Crippen LogP contribution < -0.4 is 56.5 Å². The van der Waals surface area contributed by atoms with Crippen molar-refractivity contribution >= 4 is 0 Å². The Bertz CT molecular complexity index is 225. The van der Waals surface area contributed by atoms with Crippen LogP contribution in [0.15, 0.2) is 12.1 Å². The predicted molar refractivity (Wildman–Crippen MR) is 33.2 cm³/mol. The fourth-order valence-corrected chi connectivity index (χ4v) is 0.608. The van der Waals surface area contributed by atoms with Gasteiger partial charge >= 0.3 is 51.4 Å². The largest absolute Gasteiger partial charge is 1.00 e. The predicted octanol–water partition coefficient (Wildman–Crippen LogP) is -2.22. The Hall–Kier alpha value is 0.586.